The van der Waals surface area contributed by atoms with Gasteiger partial charge in [0, 0.05) is 34.0 Å². The summed E-state index contributed by atoms with van der Waals surface area (Å²) in [4.78, 5) is 12.8. The second kappa shape index (κ2) is 7.95. The van der Waals surface area contributed by atoms with E-state index in [9.17, 15) is 13.2 Å². The highest BCUT2D eigenvalue weighted by Gasteiger charge is 2.13. The van der Waals surface area contributed by atoms with Gasteiger partial charge in [0.15, 0.2) is 9.84 Å². The number of para-hydroxylation sites is 1. The molecule has 0 aliphatic carbocycles. The molecule has 30 heavy (non-hydrogen) atoms. The van der Waals surface area contributed by atoms with E-state index in [0.29, 0.717) is 0 Å². The van der Waals surface area contributed by atoms with Crippen LogP contribution in [0.1, 0.15) is 19.4 Å². The van der Waals surface area contributed by atoms with Crippen LogP contribution in [0.3, 0.4) is 0 Å². The van der Waals surface area contributed by atoms with E-state index in [4.69, 9.17) is 0 Å². The van der Waals surface area contributed by atoms with E-state index in [-0.39, 0.29) is 23.0 Å². The lowest BCUT2D eigenvalue weighted by molar-refractivity contribution is -0.115. The van der Waals surface area contributed by atoms with E-state index < -0.39 is 9.84 Å². The Labute approximate surface area is 176 Å². The molecule has 4 aromatic rings. The lowest BCUT2D eigenvalue weighted by Crippen LogP contribution is -2.14. The predicted molar refractivity (Wildman–Crippen MR) is 122 cm³/mol. The van der Waals surface area contributed by atoms with Crippen LogP contribution in [0.25, 0.3) is 21.8 Å². The molecule has 4 rings (SSSR count). The molecule has 1 aromatic heterocycles. The van der Waals surface area contributed by atoms with E-state index in [1.807, 2.05) is 30.3 Å². The molecule has 0 atom stereocenters. The van der Waals surface area contributed by atoms with Gasteiger partial charge in [-0.2, -0.15) is 0 Å². The van der Waals surface area contributed by atoms with Gasteiger partial charge in [0.2, 0.25) is 5.91 Å². The summed E-state index contributed by atoms with van der Waals surface area (Å²) in [6.45, 7) is 4.61. The van der Waals surface area contributed by atoms with E-state index >= 15 is 0 Å². The van der Waals surface area contributed by atoms with Crippen LogP contribution in [0, 0.1) is 0 Å². The van der Waals surface area contributed by atoms with Crippen molar-refractivity contribution in [1.29, 1.82) is 0 Å². The first-order chi connectivity index (χ1) is 14.4. The summed E-state index contributed by atoms with van der Waals surface area (Å²) >= 11 is 0. The van der Waals surface area contributed by atoms with Crippen molar-refractivity contribution in [3.63, 3.8) is 0 Å². The summed E-state index contributed by atoms with van der Waals surface area (Å²) in [7, 11) is -3.23. The number of benzene rings is 3. The minimum atomic E-state index is -3.23. The zero-order valence-electron chi connectivity index (χ0n) is 17.1. The molecule has 0 unspecified atom stereocenters. The Morgan fingerprint density at radius 1 is 0.900 bits per heavy atom. The average molecular weight is 421 g/mol. The number of rotatable bonds is 6. The summed E-state index contributed by atoms with van der Waals surface area (Å²) in [5.41, 5.74) is 3.84. The highest BCUT2D eigenvalue weighted by molar-refractivity contribution is 7.91. The Kier molecular flexibility index (Phi) is 5.35. The third-order valence-corrected chi connectivity index (χ3v) is 7.15. The van der Waals surface area contributed by atoms with Crippen LogP contribution in [0.4, 0.5) is 5.69 Å². The molecule has 0 aliphatic heterocycles. The molecular weight excluding hydrogens is 396 g/mol. The molecule has 0 saturated carbocycles. The molecule has 0 radical (unpaired) electrons. The first-order valence-corrected chi connectivity index (χ1v) is 11.7. The fourth-order valence-electron chi connectivity index (χ4n) is 3.84. The minimum Gasteiger partial charge on any atom is -0.341 e. The highest BCUT2D eigenvalue weighted by Crippen LogP contribution is 2.31. The number of sulfone groups is 1. The topological polar surface area (TPSA) is 68.2 Å². The summed E-state index contributed by atoms with van der Waals surface area (Å²) < 4.78 is 26.1. The Hall–Kier alpha value is -3.12. The van der Waals surface area contributed by atoms with Crippen molar-refractivity contribution >= 4 is 43.2 Å². The lowest BCUT2D eigenvalue weighted by atomic mass is 10.1. The first kappa shape index (κ1) is 20.2. The van der Waals surface area contributed by atoms with Gasteiger partial charge in [0.05, 0.1) is 17.1 Å². The smallest absolute Gasteiger partial charge is 0.228 e. The monoisotopic (exact) mass is 420 g/mol. The summed E-state index contributed by atoms with van der Waals surface area (Å²) in [5.74, 6) is -0.0799. The van der Waals surface area contributed by atoms with Gasteiger partial charge in [0.25, 0.3) is 0 Å². The number of carbonyl (C=O) groups is 1. The molecule has 0 fully saturated rings. The van der Waals surface area contributed by atoms with E-state index in [1.165, 1.54) is 5.52 Å². The number of hydrogen-bond acceptors (Lipinski definition) is 3. The summed E-state index contributed by atoms with van der Waals surface area (Å²) in [5, 5.41) is 5.24. The van der Waals surface area contributed by atoms with Crippen LogP contribution >= 0.6 is 0 Å². The molecule has 1 N–H and O–H groups in total. The van der Waals surface area contributed by atoms with E-state index in [1.54, 1.807) is 31.2 Å². The molecule has 0 spiro atoms. The standard InChI is InChI=1S/C24H24N2O3S/c1-3-26-22-8-6-5-7-20(22)21-16-18(11-14-23(21)26)25-24(27)15-17-9-12-19(13-10-17)30(28,29)4-2/h5-14,16H,3-4,15H2,1-2H3,(H,25,27). The first-order valence-electron chi connectivity index (χ1n) is 10.1. The van der Waals surface area contributed by atoms with Crippen LogP contribution in [-0.4, -0.2) is 24.6 Å². The number of nitrogens with one attached hydrogen (secondary N) is 1. The fraction of sp³-hybridized carbons (Fsp3) is 0.208. The van der Waals surface area contributed by atoms with Gasteiger partial charge in [-0.05, 0) is 48.9 Å². The molecular formula is C24H24N2O3S. The van der Waals surface area contributed by atoms with Crippen LogP contribution < -0.4 is 5.32 Å². The average Bonchev–Trinajstić information content (AvgIpc) is 3.07. The zero-order chi connectivity index (χ0) is 21.3. The Bertz CT molecular complexity index is 1340. The van der Waals surface area contributed by atoms with Crippen molar-refractivity contribution in [3.05, 3.63) is 72.3 Å². The largest absolute Gasteiger partial charge is 0.341 e. The molecule has 3 aromatic carbocycles. The maximum absolute atomic E-state index is 12.5. The molecule has 1 heterocycles. The number of aromatic nitrogens is 1. The molecule has 6 heteroatoms. The van der Waals surface area contributed by atoms with Gasteiger partial charge >= 0.3 is 0 Å². The normalized spacial score (nSPS) is 11.8. The number of aryl methyl sites for hydroxylation is 1. The fourth-order valence-corrected chi connectivity index (χ4v) is 4.73. The number of fused-ring (bicyclic) bond motifs is 3. The van der Waals surface area contributed by atoms with Gasteiger partial charge in [-0.1, -0.05) is 37.3 Å². The van der Waals surface area contributed by atoms with Gasteiger partial charge < -0.3 is 9.88 Å². The molecule has 0 saturated heterocycles. The Balaban J connectivity index is 1.55. The third-order valence-electron chi connectivity index (χ3n) is 5.40. The SMILES string of the molecule is CCn1c2ccccc2c2cc(NC(=O)Cc3ccc(S(=O)(=O)CC)cc3)ccc21. The third kappa shape index (κ3) is 3.71. The molecule has 154 valence electrons. The zero-order valence-corrected chi connectivity index (χ0v) is 17.9. The van der Waals surface area contributed by atoms with E-state index in [0.717, 1.165) is 34.1 Å². The minimum absolute atomic E-state index is 0.0593. The number of hydrogen-bond donors (Lipinski definition) is 1. The van der Waals surface area contributed by atoms with Gasteiger partial charge in [-0.15, -0.1) is 0 Å². The van der Waals surface area contributed by atoms with Crippen molar-refractivity contribution in [3.8, 4) is 0 Å². The highest BCUT2D eigenvalue weighted by atomic mass is 32.2. The van der Waals surface area contributed by atoms with Crippen LogP contribution in [0.15, 0.2) is 71.6 Å². The summed E-state index contributed by atoms with van der Waals surface area (Å²) in [6.07, 6.45) is 0.182. The second-order valence-corrected chi connectivity index (χ2v) is 9.54. The number of carbonyl (C=O) groups excluding carboxylic acids is 1. The predicted octanol–water partition coefficient (Wildman–Crippen LogP) is 4.79. The van der Waals surface area contributed by atoms with Crippen LogP contribution in [0.2, 0.25) is 0 Å². The van der Waals surface area contributed by atoms with Crippen molar-refractivity contribution in [2.24, 2.45) is 0 Å². The number of anilines is 1. The quantitative estimate of drug-likeness (QED) is 0.488. The van der Waals surface area contributed by atoms with Crippen LogP contribution in [0.5, 0.6) is 0 Å². The Morgan fingerprint density at radius 3 is 2.30 bits per heavy atom. The number of amides is 1. The van der Waals surface area contributed by atoms with Gasteiger partial charge in [-0.25, -0.2) is 8.42 Å². The second-order valence-electron chi connectivity index (χ2n) is 7.27. The van der Waals surface area contributed by atoms with Gasteiger partial charge in [0.1, 0.15) is 0 Å². The van der Waals surface area contributed by atoms with Crippen molar-refractivity contribution in [2.45, 2.75) is 31.7 Å². The van der Waals surface area contributed by atoms with E-state index in [2.05, 4.69) is 28.9 Å². The van der Waals surface area contributed by atoms with Gasteiger partial charge in [-0.3, -0.25) is 4.79 Å². The summed E-state index contributed by atoms with van der Waals surface area (Å²) in [6, 6.07) is 20.8. The number of nitrogens with zero attached hydrogens (tertiary/aromatic N) is 1. The maximum Gasteiger partial charge on any atom is 0.228 e. The molecule has 5 nitrogen and oxygen atoms in total. The van der Waals surface area contributed by atoms with Crippen LogP contribution in [-0.2, 0) is 27.6 Å². The lowest BCUT2D eigenvalue weighted by Gasteiger charge is -2.08. The van der Waals surface area contributed by atoms with Crippen molar-refractivity contribution in [1.82, 2.24) is 4.57 Å². The van der Waals surface area contributed by atoms with Crippen molar-refractivity contribution in [2.75, 3.05) is 11.1 Å². The molecule has 0 aliphatic rings. The molecule has 1 amide bonds. The maximum atomic E-state index is 12.5. The van der Waals surface area contributed by atoms with Crippen molar-refractivity contribution < 1.29 is 13.2 Å². The molecule has 0 bridgehead atoms. The Morgan fingerprint density at radius 2 is 1.60 bits per heavy atom.